The van der Waals surface area contributed by atoms with Crippen LogP contribution in [0.5, 0.6) is 5.75 Å². The van der Waals surface area contributed by atoms with Crippen molar-refractivity contribution >= 4 is 19.9 Å². The maximum absolute atomic E-state index is 12.1. The highest BCUT2D eigenvalue weighted by Crippen LogP contribution is 2.26. The van der Waals surface area contributed by atoms with Crippen molar-refractivity contribution in [2.24, 2.45) is 5.14 Å². The lowest BCUT2D eigenvalue weighted by atomic mass is 10.3. The molecule has 0 saturated heterocycles. The number of phenolic OH excluding ortho intramolecular Hbond substituents is 1. The predicted molar refractivity (Wildman–Crippen MR) is 63.6 cm³/mol. The average Bonchev–Trinajstić information content (AvgIpc) is 2.78. The van der Waals surface area contributed by atoms with E-state index < -0.39 is 25.0 Å². The minimum atomic E-state index is -4.11. The third kappa shape index (κ3) is 2.62. The summed E-state index contributed by atoms with van der Waals surface area (Å²) in [5.41, 5.74) is 0. The molecule has 1 heterocycles. The fourth-order valence-corrected chi connectivity index (χ4v) is 3.17. The van der Waals surface area contributed by atoms with Gasteiger partial charge in [0, 0.05) is 6.07 Å². The van der Waals surface area contributed by atoms with Crippen LogP contribution in [0.3, 0.4) is 0 Å². The Morgan fingerprint density at radius 3 is 2.26 bits per heavy atom. The standard InChI is InChI=1S/C10H9NO6S2/c11-19(15,16)10-5-9(6-17-10)18(13,14)8-3-1-2-7(12)4-8/h1-6,12H,(H2,11,15,16). The number of nitrogens with two attached hydrogens (primary N) is 1. The first-order valence-corrected chi connectivity index (χ1v) is 7.90. The van der Waals surface area contributed by atoms with Gasteiger partial charge in [0.1, 0.15) is 16.9 Å². The molecular weight excluding hydrogens is 294 g/mol. The second-order valence-electron chi connectivity index (χ2n) is 3.65. The Balaban J connectivity index is 2.55. The van der Waals surface area contributed by atoms with Gasteiger partial charge in [0.2, 0.25) is 14.9 Å². The van der Waals surface area contributed by atoms with Crippen molar-refractivity contribution in [3.8, 4) is 5.75 Å². The summed E-state index contributed by atoms with van der Waals surface area (Å²) < 4.78 is 50.9. The van der Waals surface area contributed by atoms with Gasteiger partial charge >= 0.3 is 0 Å². The summed E-state index contributed by atoms with van der Waals surface area (Å²) in [5, 5.41) is 13.4. The highest BCUT2D eigenvalue weighted by Gasteiger charge is 2.23. The molecule has 19 heavy (non-hydrogen) atoms. The van der Waals surface area contributed by atoms with Gasteiger partial charge in [-0.15, -0.1) is 0 Å². The molecule has 2 aromatic rings. The molecule has 0 bridgehead atoms. The van der Waals surface area contributed by atoms with Gasteiger partial charge in [-0.25, -0.2) is 22.0 Å². The minimum Gasteiger partial charge on any atom is -0.508 e. The second-order valence-corrected chi connectivity index (χ2v) is 7.09. The van der Waals surface area contributed by atoms with Gasteiger partial charge in [0.25, 0.3) is 10.0 Å². The van der Waals surface area contributed by atoms with E-state index in [0.29, 0.717) is 0 Å². The molecule has 0 aliphatic carbocycles. The molecule has 0 unspecified atom stereocenters. The van der Waals surface area contributed by atoms with E-state index in [0.717, 1.165) is 18.4 Å². The summed E-state index contributed by atoms with van der Waals surface area (Å²) in [6, 6.07) is 5.78. The molecule has 3 N–H and O–H groups in total. The van der Waals surface area contributed by atoms with Crippen LogP contribution in [0.15, 0.2) is 55.9 Å². The Hall–Kier alpha value is -1.84. The third-order valence-electron chi connectivity index (χ3n) is 2.27. The lowest BCUT2D eigenvalue weighted by Gasteiger charge is -2.01. The summed E-state index contributed by atoms with van der Waals surface area (Å²) in [7, 11) is -8.09. The molecule has 0 saturated carbocycles. The summed E-state index contributed by atoms with van der Waals surface area (Å²) in [6.45, 7) is 0. The number of sulfonamides is 1. The van der Waals surface area contributed by atoms with Crippen molar-refractivity contribution in [2.75, 3.05) is 0 Å². The SMILES string of the molecule is NS(=O)(=O)c1cc(S(=O)(=O)c2cccc(O)c2)co1. The average molecular weight is 303 g/mol. The number of furan rings is 1. The maximum atomic E-state index is 12.1. The Morgan fingerprint density at radius 2 is 1.74 bits per heavy atom. The van der Waals surface area contributed by atoms with Crippen LogP contribution in [0.1, 0.15) is 0 Å². The van der Waals surface area contributed by atoms with Gasteiger partial charge < -0.3 is 9.52 Å². The van der Waals surface area contributed by atoms with E-state index in [2.05, 4.69) is 4.42 Å². The molecule has 102 valence electrons. The van der Waals surface area contributed by atoms with E-state index in [1.165, 1.54) is 18.2 Å². The van der Waals surface area contributed by atoms with Crippen LogP contribution < -0.4 is 5.14 Å². The smallest absolute Gasteiger partial charge is 0.271 e. The molecule has 0 aliphatic rings. The molecule has 2 rings (SSSR count). The fraction of sp³-hybridized carbons (Fsp3) is 0. The molecule has 7 nitrogen and oxygen atoms in total. The quantitative estimate of drug-likeness (QED) is 0.848. The Labute approximate surface area is 109 Å². The van der Waals surface area contributed by atoms with E-state index >= 15 is 0 Å². The van der Waals surface area contributed by atoms with Gasteiger partial charge in [-0.2, -0.15) is 0 Å². The summed E-state index contributed by atoms with van der Waals surface area (Å²) in [5.74, 6) is -0.226. The van der Waals surface area contributed by atoms with Crippen molar-refractivity contribution in [3.63, 3.8) is 0 Å². The van der Waals surface area contributed by atoms with Crippen LogP contribution in [0.4, 0.5) is 0 Å². The largest absolute Gasteiger partial charge is 0.508 e. The molecule has 1 aromatic heterocycles. The lowest BCUT2D eigenvalue weighted by molar-refractivity contribution is 0.448. The zero-order chi connectivity index (χ0) is 14.3. The molecule has 0 atom stereocenters. The minimum absolute atomic E-state index is 0.186. The number of rotatable bonds is 3. The first-order chi connectivity index (χ1) is 8.71. The Morgan fingerprint density at radius 1 is 1.05 bits per heavy atom. The summed E-state index contributed by atoms with van der Waals surface area (Å²) in [4.78, 5) is -0.545. The van der Waals surface area contributed by atoms with Gasteiger partial charge in [0.15, 0.2) is 0 Å². The topological polar surface area (TPSA) is 128 Å². The number of aromatic hydroxyl groups is 1. The zero-order valence-corrected chi connectivity index (χ0v) is 11.0. The van der Waals surface area contributed by atoms with E-state index in [4.69, 9.17) is 5.14 Å². The van der Waals surface area contributed by atoms with Crippen molar-refractivity contribution < 1.29 is 26.4 Å². The summed E-state index contributed by atoms with van der Waals surface area (Å²) >= 11 is 0. The Bertz CT molecular complexity index is 819. The number of hydrogen-bond acceptors (Lipinski definition) is 6. The van der Waals surface area contributed by atoms with Crippen molar-refractivity contribution in [3.05, 3.63) is 36.6 Å². The Kier molecular flexibility index (Phi) is 3.12. The number of hydrogen-bond donors (Lipinski definition) is 2. The highest BCUT2D eigenvalue weighted by atomic mass is 32.2. The molecule has 0 fully saturated rings. The molecule has 1 aromatic carbocycles. The first-order valence-electron chi connectivity index (χ1n) is 4.87. The number of benzene rings is 1. The fourth-order valence-electron chi connectivity index (χ4n) is 1.38. The number of primary sulfonamides is 1. The molecule has 9 heteroatoms. The van der Waals surface area contributed by atoms with Gasteiger partial charge in [-0.05, 0) is 18.2 Å². The van der Waals surface area contributed by atoms with Crippen LogP contribution in [-0.2, 0) is 19.9 Å². The lowest BCUT2D eigenvalue weighted by Crippen LogP contribution is -2.11. The molecule has 0 amide bonds. The third-order valence-corrected chi connectivity index (χ3v) is 4.75. The predicted octanol–water partition coefficient (Wildman–Crippen LogP) is 0.465. The molecule has 0 radical (unpaired) electrons. The van der Waals surface area contributed by atoms with E-state index in [9.17, 15) is 21.9 Å². The van der Waals surface area contributed by atoms with Gasteiger partial charge in [-0.3, -0.25) is 0 Å². The van der Waals surface area contributed by atoms with Crippen LogP contribution in [-0.4, -0.2) is 21.9 Å². The second kappa shape index (κ2) is 4.37. The summed E-state index contributed by atoms with van der Waals surface area (Å²) in [6.07, 6.45) is 0.777. The molecular formula is C10H9NO6S2. The van der Waals surface area contributed by atoms with Crippen molar-refractivity contribution in [1.82, 2.24) is 0 Å². The number of sulfone groups is 1. The van der Waals surface area contributed by atoms with E-state index in [1.807, 2.05) is 0 Å². The monoisotopic (exact) mass is 303 g/mol. The van der Waals surface area contributed by atoms with Gasteiger partial charge in [-0.1, -0.05) is 6.07 Å². The maximum Gasteiger partial charge on any atom is 0.271 e. The van der Waals surface area contributed by atoms with Crippen LogP contribution in [0.2, 0.25) is 0 Å². The van der Waals surface area contributed by atoms with Crippen molar-refractivity contribution in [1.29, 1.82) is 0 Å². The van der Waals surface area contributed by atoms with Crippen molar-refractivity contribution in [2.45, 2.75) is 14.9 Å². The molecule has 0 aliphatic heterocycles. The van der Waals surface area contributed by atoms with E-state index in [1.54, 1.807) is 0 Å². The van der Waals surface area contributed by atoms with Gasteiger partial charge in [0.05, 0.1) is 4.90 Å². The highest BCUT2D eigenvalue weighted by molar-refractivity contribution is 7.91. The molecule has 0 spiro atoms. The zero-order valence-electron chi connectivity index (χ0n) is 9.35. The van der Waals surface area contributed by atoms with Crippen LogP contribution >= 0.6 is 0 Å². The first kappa shape index (κ1) is 13.6. The van der Waals surface area contributed by atoms with E-state index in [-0.39, 0.29) is 15.5 Å². The van der Waals surface area contributed by atoms with Crippen LogP contribution in [0, 0.1) is 0 Å². The normalized spacial score (nSPS) is 12.5. The number of phenols is 1. The van der Waals surface area contributed by atoms with Crippen LogP contribution in [0.25, 0.3) is 0 Å².